The summed E-state index contributed by atoms with van der Waals surface area (Å²) in [7, 11) is -2.32. The third-order valence-electron chi connectivity index (χ3n) is 3.45. The second-order valence-electron chi connectivity index (χ2n) is 5.73. The molecule has 0 aliphatic carbocycles. The van der Waals surface area contributed by atoms with Crippen molar-refractivity contribution >= 4 is 23.3 Å². The van der Waals surface area contributed by atoms with Gasteiger partial charge < -0.3 is 4.57 Å². The van der Waals surface area contributed by atoms with E-state index in [0.29, 0.717) is 5.92 Å². The van der Waals surface area contributed by atoms with E-state index < -0.39 is 7.14 Å². The number of hydrogen-bond acceptors (Lipinski definition) is 2. The van der Waals surface area contributed by atoms with Gasteiger partial charge in [0.05, 0.1) is 5.52 Å². The van der Waals surface area contributed by atoms with Gasteiger partial charge in [-0.05, 0) is 43.4 Å². The van der Waals surface area contributed by atoms with Gasteiger partial charge in [-0.2, -0.15) is 0 Å². The van der Waals surface area contributed by atoms with Crippen LogP contribution in [0.2, 0.25) is 0 Å². The van der Waals surface area contributed by atoms with Crippen LogP contribution in [0.5, 0.6) is 0 Å². The standard InChI is InChI=1S/C16H22NOP/c1-6-12-7-8-14-15(17-12)10-9-13(11(2)3)16(14)19(4,5)18/h7-11H,6H2,1-5H3. The van der Waals surface area contributed by atoms with Crippen molar-refractivity contribution in [2.75, 3.05) is 13.3 Å². The van der Waals surface area contributed by atoms with Gasteiger partial charge in [0.1, 0.15) is 7.14 Å². The van der Waals surface area contributed by atoms with E-state index in [4.69, 9.17) is 0 Å². The number of rotatable bonds is 3. The molecule has 3 heteroatoms. The Morgan fingerprint density at radius 1 is 1.16 bits per heavy atom. The summed E-state index contributed by atoms with van der Waals surface area (Å²) in [5, 5.41) is 2.06. The van der Waals surface area contributed by atoms with Crippen LogP contribution in [0.15, 0.2) is 24.3 Å². The van der Waals surface area contributed by atoms with Crippen molar-refractivity contribution in [2.24, 2.45) is 0 Å². The minimum absolute atomic E-state index is 0.374. The second-order valence-corrected chi connectivity index (χ2v) is 8.88. The van der Waals surface area contributed by atoms with Crippen molar-refractivity contribution in [3.05, 3.63) is 35.5 Å². The average molecular weight is 275 g/mol. The highest BCUT2D eigenvalue weighted by atomic mass is 31.2. The van der Waals surface area contributed by atoms with Gasteiger partial charge in [0.25, 0.3) is 0 Å². The van der Waals surface area contributed by atoms with Crippen molar-refractivity contribution in [1.29, 1.82) is 0 Å². The summed E-state index contributed by atoms with van der Waals surface area (Å²) in [5.74, 6) is 0.374. The van der Waals surface area contributed by atoms with Crippen molar-refractivity contribution in [3.8, 4) is 0 Å². The first-order valence-corrected chi connectivity index (χ1v) is 9.42. The molecule has 0 spiro atoms. The molecule has 0 bridgehead atoms. The highest BCUT2D eigenvalue weighted by molar-refractivity contribution is 7.70. The van der Waals surface area contributed by atoms with Crippen LogP contribution >= 0.6 is 7.14 Å². The van der Waals surface area contributed by atoms with Crippen molar-refractivity contribution < 1.29 is 4.57 Å². The molecule has 0 fully saturated rings. The molecule has 2 aromatic rings. The van der Waals surface area contributed by atoms with Gasteiger partial charge in [-0.15, -0.1) is 0 Å². The molecular weight excluding hydrogens is 253 g/mol. The van der Waals surface area contributed by atoms with E-state index in [-0.39, 0.29) is 0 Å². The lowest BCUT2D eigenvalue weighted by atomic mass is 10.0. The number of aryl methyl sites for hydroxylation is 1. The van der Waals surface area contributed by atoms with Crippen LogP contribution in [0.3, 0.4) is 0 Å². The van der Waals surface area contributed by atoms with E-state index in [2.05, 4.69) is 44.0 Å². The third-order valence-corrected chi connectivity index (χ3v) is 5.03. The first-order valence-electron chi connectivity index (χ1n) is 6.82. The molecule has 102 valence electrons. The van der Waals surface area contributed by atoms with Gasteiger partial charge >= 0.3 is 0 Å². The first-order chi connectivity index (χ1) is 8.84. The predicted molar refractivity (Wildman–Crippen MR) is 84.3 cm³/mol. The van der Waals surface area contributed by atoms with Gasteiger partial charge in [-0.25, -0.2) is 0 Å². The Hall–Kier alpha value is -1.14. The zero-order valence-corrected chi connectivity index (χ0v) is 13.3. The number of fused-ring (bicyclic) bond motifs is 1. The molecule has 0 radical (unpaired) electrons. The van der Waals surface area contributed by atoms with E-state index in [1.807, 2.05) is 19.4 Å². The molecule has 1 aromatic heterocycles. The van der Waals surface area contributed by atoms with Crippen LogP contribution in [0.4, 0.5) is 0 Å². The van der Waals surface area contributed by atoms with Gasteiger partial charge in [0.2, 0.25) is 0 Å². The number of hydrogen-bond donors (Lipinski definition) is 0. The monoisotopic (exact) mass is 275 g/mol. The fourth-order valence-corrected chi connectivity index (χ4v) is 4.24. The maximum atomic E-state index is 12.7. The molecule has 0 saturated heterocycles. The van der Waals surface area contributed by atoms with Crippen LogP contribution in [-0.4, -0.2) is 18.3 Å². The topological polar surface area (TPSA) is 30.0 Å². The third kappa shape index (κ3) is 2.74. The van der Waals surface area contributed by atoms with Crippen LogP contribution in [-0.2, 0) is 11.0 Å². The summed E-state index contributed by atoms with van der Waals surface area (Å²) in [6.07, 6.45) is 0.924. The molecule has 1 aromatic carbocycles. The fourth-order valence-electron chi connectivity index (χ4n) is 2.51. The normalized spacial score (nSPS) is 12.3. The summed E-state index contributed by atoms with van der Waals surface area (Å²) in [6.45, 7) is 10.1. The van der Waals surface area contributed by atoms with Gasteiger partial charge in [-0.1, -0.05) is 32.9 Å². The molecule has 0 amide bonds. The minimum atomic E-state index is -2.32. The van der Waals surface area contributed by atoms with E-state index in [9.17, 15) is 4.57 Å². The molecule has 19 heavy (non-hydrogen) atoms. The average Bonchev–Trinajstić information content (AvgIpc) is 2.35. The summed E-state index contributed by atoms with van der Waals surface area (Å²) < 4.78 is 12.7. The molecular formula is C16H22NOP. The smallest absolute Gasteiger partial charge is 0.110 e. The summed E-state index contributed by atoms with van der Waals surface area (Å²) in [4.78, 5) is 4.65. The molecule has 2 rings (SSSR count). The second kappa shape index (κ2) is 5.09. The van der Waals surface area contributed by atoms with E-state index >= 15 is 0 Å². The maximum Gasteiger partial charge on any atom is 0.110 e. The Labute approximate surface area is 115 Å². The van der Waals surface area contributed by atoms with Gasteiger partial charge in [0, 0.05) is 16.4 Å². The molecule has 0 N–H and O–H groups in total. The Morgan fingerprint density at radius 3 is 2.37 bits per heavy atom. The van der Waals surface area contributed by atoms with Crippen LogP contribution in [0, 0.1) is 0 Å². The molecule has 1 heterocycles. The highest BCUT2D eigenvalue weighted by Gasteiger charge is 2.21. The minimum Gasteiger partial charge on any atom is -0.319 e. The Kier molecular flexibility index (Phi) is 3.82. The number of benzene rings is 1. The molecule has 0 aliphatic rings. The maximum absolute atomic E-state index is 12.7. The SMILES string of the molecule is CCc1ccc2c(P(C)(C)=O)c(C(C)C)ccc2n1. The molecule has 0 saturated carbocycles. The molecule has 2 nitrogen and oxygen atoms in total. The van der Waals surface area contributed by atoms with Crippen molar-refractivity contribution in [1.82, 2.24) is 4.98 Å². The van der Waals surface area contributed by atoms with Crippen molar-refractivity contribution in [2.45, 2.75) is 33.1 Å². The Balaban J connectivity index is 2.84. The summed E-state index contributed by atoms with van der Waals surface area (Å²) >= 11 is 0. The van der Waals surface area contributed by atoms with Gasteiger partial charge in [-0.3, -0.25) is 4.98 Å². The summed E-state index contributed by atoms with van der Waals surface area (Å²) in [6, 6.07) is 8.28. The van der Waals surface area contributed by atoms with E-state index in [1.54, 1.807) is 0 Å². The molecule has 0 unspecified atom stereocenters. The summed E-state index contributed by atoms with van der Waals surface area (Å²) in [5.41, 5.74) is 3.23. The van der Waals surface area contributed by atoms with Crippen molar-refractivity contribution in [3.63, 3.8) is 0 Å². The predicted octanol–water partition coefficient (Wildman–Crippen LogP) is 4.17. The highest BCUT2D eigenvalue weighted by Crippen LogP contribution is 2.40. The number of nitrogens with zero attached hydrogens (tertiary/aromatic N) is 1. The zero-order chi connectivity index (χ0) is 14.2. The van der Waals surface area contributed by atoms with Gasteiger partial charge in [0.15, 0.2) is 0 Å². The fraction of sp³-hybridized carbons (Fsp3) is 0.438. The van der Waals surface area contributed by atoms with E-state index in [1.165, 1.54) is 5.56 Å². The van der Waals surface area contributed by atoms with E-state index in [0.717, 1.165) is 28.3 Å². The van der Waals surface area contributed by atoms with Crippen LogP contribution < -0.4 is 5.30 Å². The zero-order valence-electron chi connectivity index (χ0n) is 12.4. The quantitative estimate of drug-likeness (QED) is 0.787. The number of pyridine rings is 1. The molecule has 0 atom stereocenters. The van der Waals surface area contributed by atoms with Crippen LogP contribution in [0.25, 0.3) is 10.9 Å². The molecule has 0 aliphatic heterocycles. The number of aromatic nitrogens is 1. The lowest BCUT2D eigenvalue weighted by Crippen LogP contribution is -2.14. The lowest BCUT2D eigenvalue weighted by Gasteiger charge is -2.19. The van der Waals surface area contributed by atoms with Crippen LogP contribution in [0.1, 0.15) is 37.9 Å². The largest absolute Gasteiger partial charge is 0.319 e. The Morgan fingerprint density at radius 2 is 1.84 bits per heavy atom. The Bertz CT molecular complexity index is 655. The first kappa shape index (κ1) is 14.3. The lowest BCUT2D eigenvalue weighted by molar-refractivity contribution is 0.588.